The standard InChI is InChI=1S/C19H28N2O/c1-15(22)21-13-10-16(11-14-21)9-12-20-19(18-7-8-18)17-5-3-2-4-6-17/h2-6,16,18-20H,7-14H2,1H3/t19-/m0/s1. The van der Waals surface area contributed by atoms with Crippen LogP contribution in [0.4, 0.5) is 0 Å². The number of amides is 1. The average Bonchev–Trinajstić information content (AvgIpc) is 3.37. The van der Waals surface area contributed by atoms with E-state index in [2.05, 4.69) is 35.6 Å². The third-order valence-electron chi connectivity index (χ3n) is 5.23. The van der Waals surface area contributed by atoms with Gasteiger partial charge in [0.2, 0.25) is 5.91 Å². The minimum Gasteiger partial charge on any atom is -0.343 e. The van der Waals surface area contributed by atoms with Gasteiger partial charge >= 0.3 is 0 Å². The van der Waals surface area contributed by atoms with Crippen LogP contribution in [0.1, 0.15) is 50.6 Å². The van der Waals surface area contributed by atoms with Gasteiger partial charge in [-0.1, -0.05) is 30.3 Å². The second-order valence-corrected chi connectivity index (χ2v) is 6.92. The Morgan fingerprint density at radius 2 is 1.86 bits per heavy atom. The van der Waals surface area contributed by atoms with Crippen LogP contribution in [0.5, 0.6) is 0 Å². The molecule has 3 rings (SSSR count). The molecule has 1 saturated heterocycles. The number of carbonyl (C=O) groups is 1. The van der Waals surface area contributed by atoms with Crippen LogP contribution in [0.2, 0.25) is 0 Å². The molecular formula is C19H28N2O. The molecule has 1 aromatic rings. The van der Waals surface area contributed by atoms with Crippen molar-refractivity contribution in [3.63, 3.8) is 0 Å². The molecule has 3 nitrogen and oxygen atoms in total. The highest BCUT2D eigenvalue weighted by atomic mass is 16.2. The predicted octanol–water partition coefficient (Wildman–Crippen LogP) is 3.38. The monoisotopic (exact) mass is 300 g/mol. The number of nitrogens with zero attached hydrogens (tertiary/aromatic N) is 1. The Morgan fingerprint density at radius 1 is 1.18 bits per heavy atom. The Labute approximate surface area is 134 Å². The van der Waals surface area contributed by atoms with Gasteiger partial charge in [-0.25, -0.2) is 0 Å². The first kappa shape index (κ1) is 15.5. The molecule has 3 heteroatoms. The fourth-order valence-corrected chi connectivity index (χ4v) is 3.63. The molecular weight excluding hydrogens is 272 g/mol. The molecule has 0 spiro atoms. The van der Waals surface area contributed by atoms with E-state index in [1.165, 1.54) is 37.7 Å². The first-order valence-electron chi connectivity index (χ1n) is 8.78. The summed E-state index contributed by atoms with van der Waals surface area (Å²) in [6.45, 7) is 4.68. The summed E-state index contributed by atoms with van der Waals surface area (Å²) in [5.74, 6) is 1.84. The summed E-state index contributed by atoms with van der Waals surface area (Å²) in [4.78, 5) is 13.3. The van der Waals surface area contributed by atoms with Crippen LogP contribution < -0.4 is 5.32 Å². The van der Waals surface area contributed by atoms with Gasteiger partial charge in [0.25, 0.3) is 0 Å². The van der Waals surface area contributed by atoms with Crippen molar-refractivity contribution in [3.05, 3.63) is 35.9 Å². The number of likely N-dealkylation sites (tertiary alicyclic amines) is 1. The van der Waals surface area contributed by atoms with Gasteiger partial charge in [0.05, 0.1) is 0 Å². The van der Waals surface area contributed by atoms with Crippen LogP contribution in [0, 0.1) is 11.8 Å². The maximum Gasteiger partial charge on any atom is 0.219 e. The fourth-order valence-electron chi connectivity index (χ4n) is 3.63. The van der Waals surface area contributed by atoms with Crippen molar-refractivity contribution in [2.75, 3.05) is 19.6 Å². The number of nitrogens with one attached hydrogen (secondary N) is 1. The van der Waals surface area contributed by atoms with Crippen molar-refractivity contribution < 1.29 is 4.79 Å². The molecule has 2 fully saturated rings. The lowest BCUT2D eigenvalue weighted by Gasteiger charge is -2.31. The molecule has 1 atom stereocenters. The van der Waals surface area contributed by atoms with Crippen molar-refractivity contribution >= 4 is 5.91 Å². The van der Waals surface area contributed by atoms with Crippen LogP contribution in [-0.4, -0.2) is 30.4 Å². The minimum atomic E-state index is 0.231. The molecule has 22 heavy (non-hydrogen) atoms. The summed E-state index contributed by atoms with van der Waals surface area (Å²) in [6.07, 6.45) is 6.30. The molecule has 120 valence electrons. The van der Waals surface area contributed by atoms with Crippen molar-refractivity contribution in [3.8, 4) is 0 Å². The SMILES string of the molecule is CC(=O)N1CCC(CCN[C@@H](c2ccccc2)C2CC2)CC1. The van der Waals surface area contributed by atoms with Gasteiger partial charge in [0.15, 0.2) is 0 Å². The number of benzene rings is 1. The van der Waals surface area contributed by atoms with Crippen molar-refractivity contribution in [1.82, 2.24) is 10.2 Å². The van der Waals surface area contributed by atoms with Gasteiger partial charge < -0.3 is 10.2 Å². The van der Waals surface area contributed by atoms with Gasteiger partial charge in [-0.2, -0.15) is 0 Å². The second kappa shape index (κ2) is 7.28. The summed E-state index contributed by atoms with van der Waals surface area (Å²) in [6, 6.07) is 11.4. The summed E-state index contributed by atoms with van der Waals surface area (Å²) < 4.78 is 0. The Kier molecular flexibility index (Phi) is 5.14. The van der Waals surface area contributed by atoms with Gasteiger partial charge in [0.1, 0.15) is 0 Å². The molecule has 1 aliphatic carbocycles. The maximum absolute atomic E-state index is 11.4. The lowest BCUT2D eigenvalue weighted by atomic mass is 9.93. The summed E-state index contributed by atoms with van der Waals surface area (Å²) in [5.41, 5.74) is 1.44. The highest BCUT2D eigenvalue weighted by molar-refractivity contribution is 5.73. The zero-order valence-electron chi connectivity index (χ0n) is 13.6. The first-order chi connectivity index (χ1) is 10.7. The summed E-state index contributed by atoms with van der Waals surface area (Å²) >= 11 is 0. The van der Waals surface area contributed by atoms with Crippen LogP contribution in [0.3, 0.4) is 0 Å². The van der Waals surface area contributed by atoms with Crippen molar-refractivity contribution in [2.45, 2.75) is 45.1 Å². The highest BCUT2D eigenvalue weighted by Gasteiger charge is 2.32. The lowest BCUT2D eigenvalue weighted by Crippen LogP contribution is -2.37. The third-order valence-corrected chi connectivity index (χ3v) is 5.23. The summed E-state index contributed by atoms with van der Waals surface area (Å²) in [7, 11) is 0. The van der Waals surface area contributed by atoms with Gasteiger partial charge in [-0.15, -0.1) is 0 Å². The third kappa shape index (κ3) is 4.10. The molecule has 0 aromatic heterocycles. The van der Waals surface area contributed by atoms with E-state index in [1.54, 1.807) is 6.92 Å². The number of carbonyl (C=O) groups excluding carboxylic acids is 1. The van der Waals surface area contributed by atoms with E-state index in [0.717, 1.165) is 31.5 Å². The van der Waals surface area contributed by atoms with E-state index < -0.39 is 0 Å². The average molecular weight is 300 g/mol. The van der Waals surface area contributed by atoms with E-state index in [9.17, 15) is 4.79 Å². The molecule has 2 aliphatic rings. The van der Waals surface area contributed by atoms with Crippen molar-refractivity contribution in [2.24, 2.45) is 11.8 Å². The molecule has 0 bridgehead atoms. The minimum absolute atomic E-state index is 0.231. The number of rotatable bonds is 6. The fraction of sp³-hybridized carbons (Fsp3) is 0.632. The molecule has 1 aliphatic heterocycles. The van der Waals surface area contributed by atoms with E-state index in [-0.39, 0.29) is 5.91 Å². The topological polar surface area (TPSA) is 32.3 Å². The zero-order valence-corrected chi connectivity index (χ0v) is 13.6. The molecule has 1 heterocycles. The van der Waals surface area contributed by atoms with Gasteiger partial charge in [-0.05, 0) is 56.0 Å². The zero-order chi connectivity index (χ0) is 15.4. The maximum atomic E-state index is 11.4. The van der Waals surface area contributed by atoms with E-state index in [0.29, 0.717) is 6.04 Å². The van der Waals surface area contributed by atoms with E-state index in [4.69, 9.17) is 0 Å². The molecule has 1 amide bonds. The molecule has 0 unspecified atom stereocenters. The normalized spacial score (nSPS) is 20.9. The lowest BCUT2D eigenvalue weighted by molar-refractivity contribution is -0.130. The van der Waals surface area contributed by atoms with Crippen LogP contribution >= 0.6 is 0 Å². The Balaban J connectivity index is 1.43. The molecule has 0 radical (unpaired) electrons. The molecule has 1 aromatic carbocycles. The first-order valence-corrected chi connectivity index (χ1v) is 8.78. The second-order valence-electron chi connectivity index (χ2n) is 6.92. The predicted molar refractivity (Wildman–Crippen MR) is 89.5 cm³/mol. The Hall–Kier alpha value is -1.35. The van der Waals surface area contributed by atoms with Gasteiger partial charge in [-0.3, -0.25) is 4.79 Å². The Morgan fingerprint density at radius 3 is 2.45 bits per heavy atom. The van der Waals surface area contributed by atoms with Crippen LogP contribution in [0.15, 0.2) is 30.3 Å². The number of piperidine rings is 1. The van der Waals surface area contributed by atoms with Gasteiger partial charge in [0, 0.05) is 26.1 Å². The quantitative estimate of drug-likeness (QED) is 0.873. The molecule has 1 saturated carbocycles. The van der Waals surface area contributed by atoms with Crippen LogP contribution in [0.25, 0.3) is 0 Å². The smallest absolute Gasteiger partial charge is 0.219 e. The van der Waals surface area contributed by atoms with E-state index in [1.807, 2.05) is 4.90 Å². The molecule has 1 N–H and O–H groups in total. The van der Waals surface area contributed by atoms with Crippen LogP contribution in [-0.2, 0) is 4.79 Å². The largest absolute Gasteiger partial charge is 0.343 e. The van der Waals surface area contributed by atoms with Crippen molar-refractivity contribution in [1.29, 1.82) is 0 Å². The Bertz CT molecular complexity index is 475. The number of hydrogen-bond donors (Lipinski definition) is 1. The number of hydrogen-bond acceptors (Lipinski definition) is 2. The highest BCUT2D eigenvalue weighted by Crippen LogP contribution is 2.41. The summed E-state index contributed by atoms with van der Waals surface area (Å²) in [5, 5.41) is 3.80. The van der Waals surface area contributed by atoms with E-state index >= 15 is 0 Å².